The Morgan fingerprint density at radius 1 is 1.56 bits per heavy atom. The van der Waals surface area contributed by atoms with E-state index in [-0.39, 0.29) is 5.97 Å². The Hall–Kier alpha value is -1.39. The summed E-state index contributed by atoms with van der Waals surface area (Å²) in [7, 11) is 1.38. The van der Waals surface area contributed by atoms with Gasteiger partial charge in [0.05, 0.1) is 18.3 Å². The molecule has 0 aliphatic carbocycles. The zero-order valence-electron chi connectivity index (χ0n) is 9.54. The minimum Gasteiger partial charge on any atom is -0.465 e. The van der Waals surface area contributed by atoms with Gasteiger partial charge in [0.2, 0.25) is 0 Å². The highest BCUT2D eigenvalue weighted by Crippen LogP contribution is 2.28. The van der Waals surface area contributed by atoms with Gasteiger partial charge in [-0.3, -0.25) is 5.32 Å². The number of benzene rings is 1. The number of fused-ring (bicyclic) bond motifs is 1. The van der Waals surface area contributed by atoms with Crippen molar-refractivity contribution in [1.29, 1.82) is 0 Å². The minimum atomic E-state index is -0.668. The van der Waals surface area contributed by atoms with E-state index >= 15 is 0 Å². The van der Waals surface area contributed by atoms with Gasteiger partial charge in [-0.1, -0.05) is 12.1 Å². The number of esters is 1. The molecule has 1 aliphatic heterocycles. The van der Waals surface area contributed by atoms with Crippen LogP contribution in [0.2, 0.25) is 0 Å². The van der Waals surface area contributed by atoms with Crippen LogP contribution in [0, 0.1) is 0 Å². The van der Waals surface area contributed by atoms with Crippen LogP contribution in [0.3, 0.4) is 0 Å². The smallest absolute Gasteiger partial charge is 0.338 e. The molecule has 0 radical (unpaired) electrons. The van der Waals surface area contributed by atoms with Crippen molar-refractivity contribution in [2.45, 2.75) is 19.0 Å². The normalized spacial score (nSPS) is 23.7. The number of methoxy groups -OCH3 is 1. The average molecular weight is 220 g/mol. The van der Waals surface area contributed by atoms with Crippen molar-refractivity contribution in [1.82, 2.24) is 5.32 Å². The third-order valence-electron chi connectivity index (χ3n) is 2.96. The maximum atomic E-state index is 11.7. The van der Waals surface area contributed by atoms with Crippen LogP contribution >= 0.6 is 0 Å². The zero-order valence-corrected chi connectivity index (χ0v) is 9.54. The van der Waals surface area contributed by atoms with Crippen LogP contribution in [0.15, 0.2) is 18.2 Å². The Kier molecular flexibility index (Phi) is 2.69. The van der Waals surface area contributed by atoms with Crippen molar-refractivity contribution >= 4 is 5.97 Å². The van der Waals surface area contributed by atoms with Crippen molar-refractivity contribution in [3.8, 4) is 0 Å². The fraction of sp³-hybridized carbons (Fsp3) is 0.417. The fourth-order valence-corrected chi connectivity index (χ4v) is 2.25. The predicted molar refractivity (Wildman–Crippen MR) is 61.0 cm³/mol. The minimum absolute atomic E-state index is 0.336. The van der Waals surface area contributed by atoms with E-state index in [0.717, 1.165) is 24.1 Å². The first-order valence-electron chi connectivity index (χ1n) is 5.31. The van der Waals surface area contributed by atoms with Crippen molar-refractivity contribution in [3.05, 3.63) is 34.9 Å². The summed E-state index contributed by atoms with van der Waals surface area (Å²) < 4.78 is 4.77. The second-order valence-corrected chi connectivity index (χ2v) is 4.21. The Labute approximate surface area is 94.8 Å². The van der Waals surface area contributed by atoms with E-state index in [9.17, 15) is 4.79 Å². The van der Waals surface area contributed by atoms with Crippen LogP contribution in [-0.4, -0.2) is 19.6 Å². The second kappa shape index (κ2) is 3.88. The molecule has 16 heavy (non-hydrogen) atoms. The van der Waals surface area contributed by atoms with Crippen LogP contribution in [0.25, 0.3) is 0 Å². The van der Waals surface area contributed by atoms with E-state index in [1.807, 2.05) is 19.1 Å². The molecule has 86 valence electrons. The average Bonchev–Trinajstić information content (AvgIpc) is 2.27. The van der Waals surface area contributed by atoms with E-state index in [1.165, 1.54) is 7.11 Å². The fourth-order valence-electron chi connectivity index (χ4n) is 2.25. The van der Waals surface area contributed by atoms with E-state index < -0.39 is 5.66 Å². The van der Waals surface area contributed by atoms with Gasteiger partial charge in [-0.05, 0) is 25.0 Å². The van der Waals surface area contributed by atoms with E-state index in [1.54, 1.807) is 6.07 Å². The number of hydrogen-bond acceptors (Lipinski definition) is 4. The number of carbonyl (C=O) groups excluding carboxylic acids is 1. The Morgan fingerprint density at radius 2 is 2.31 bits per heavy atom. The largest absolute Gasteiger partial charge is 0.465 e. The molecule has 0 saturated carbocycles. The number of carbonyl (C=O) groups is 1. The maximum absolute atomic E-state index is 11.7. The Balaban J connectivity index is 2.60. The second-order valence-electron chi connectivity index (χ2n) is 4.21. The maximum Gasteiger partial charge on any atom is 0.338 e. The lowest BCUT2D eigenvalue weighted by atomic mass is 9.87. The van der Waals surface area contributed by atoms with Crippen LogP contribution in [0.1, 0.15) is 28.4 Å². The first-order valence-corrected chi connectivity index (χ1v) is 5.31. The lowest BCUT2D eigenvalue weighted by Crippen LogP contribution is -2.52. The number of hydrogen-bond donors (Lipinski definition) is 2. The van der Waals surface area contributed by atoms with Crippen molar-refractivity contribution in [2.24, 2.45) is 5.73 Å². The first kappa shape index (κ1) is 11.1. The van der Waals surface area contributed by atoms with Crippen molar-refractivity contribution in [3.63, 3.8) is 0 Å². The van der Waals surface area contributed by atoms with Gasteiger partial charge < -0.3 is 10.5 Å². The van der Waals surface area contributed by atoms with Crippen LogP contribution < -0.4 is 11.1 Å². The highest BCUT2D eigenvalue weighted by atomic mass is 16.5. The molecule has 4 nitrogen and oxygen atoms in total. The summed E-state index contributed by atoms with van der Waals surface area (Å²) in [6.07, 6.45) is 0.882. The summed E-state index contributed by atoms with van der Waals surface area (Å²) in [5, 5.41) is 3.20. The summed E-state index contributed by atoms with van der Waals surface area (Å²) in [5.74, 6) is -0.336. The van der Waals surface area contributed by atoms with E-state index in [4.69, 9.17) is 10.5 Å². The molecule has 0 bridgehead atoms. The number of nitrogens with two attached hydrogens (primary N) is 1. The summed E-state index contributed by atoms with van der Waals surface area (Å²) in [5.41, 5.74) is 8.02. The van der Waals surface area contributed by atoms with Crippen LogP contribution in [0.5, 0.6) is 0 Å². The highest BCUT2D eigenvalue weighted by molar-refractivity contribution is 5.92. The lowest BCUT2D eigenvalue weighted by Gasteiger charge is -2.34. The van der Waals surface area contributed by atoms with Gasteiger partial charge in [0.25, 0.3) is 0 Å². The van der Waals surface area contributed by atoms with Gasteiger partial charge in [-0.25, -0.2) is 4.79 Å². The molecule has 0 aromatic heterocycles. The molecule has 1 unspecified atom stereocenters. The summed E-state index contributed by atoms with van der Waals surface area (Å²) in [6, 6.07) is 5.63. The Bertz CT molecular complexity index is 427. The Morgan fingerprint density at radius 3 is 3.00 bits per heavy atom. The van der Waals surface area contributed by atoms with Crippen LogP contribution in [-0.2, 0) is 16.8 Å². The molecule has 0 spiro atoms. The highest BCUT2D eigenvalue weighted by Gasteiger charge is 2.32. The van der Waals surface area contributed by atoms with Crippen molar-refractivity contribution < 1.29 is 9.53 Å². The van der Waals surface area contributed by atoms with Crippen molar-refractivity contribution in [2.75, 3.05) is 13.7 Å². The summed E-state index contributed by atoms with van der Waals surface area (Å²) >= 11 is 0. The molecule has 4 heteroatoms. The third kappa shape index (κ3) is 1.70. The molecular weight excluding hydrogens is 204 g/mol. The van der Waals surface area contributed by atoms with Gasteiger partial charge in [0, 0.05) is 12.1 Å². The van der Waals surface area contributed by atoms with Gasteiger partial charge in [-0.2, -0.15) is 0 Å². The topological polar surface area (TPSA) is 64.3 Å². The molecular formula is C12H16N2O2. The standard InChI is InChI=1S/C12H16N2O2/c1-12(13)10-8(6-7-14-12)4-3-5-9(10)11(15)16-2/h3-5,14H,6-7,13H2,1-2H3. The molecule has 0 fully saturated rings. The molecule has 1 aliphatic rings. The number of ether oxygens (including phenoxy) is 1. The van der Waals surface area contributed by atoms with Gasteiger partial charge in [-0.15, -0.1) is 0 Å². The summed E-state index contributed by atoms with van der Waals surface area (Å²) in [4.78, 5) is 11.7. The van der Waals surface area contributed by atoms with Crippen LogP contribution in [0.4, 0.5) is 0 Å². The monoisotopic (exact) mass is 220 g/mol. The summed E-state index contributed by atoms with van der Waals surface area (Å²) in [6.45, 7) is 2.70. The lowest BCUT2D eigenvalue weighted by molar-refractivity contribution is 0.0596. The molecule has 1 atom stereocenters. The zero-order chi connectivity index (χ0) is 11.8. The molecule has 0 saturated heterocycles. The molecule has 3 N–H and O–H groups in total. The van der Waals surface area contributed by atoms with E-state index in [2.05, 4.69) is 5.32 Å². The molecule has 0 amide bonds. The number of rotatable bonds is 1. The third-order valence-corrected chi connectivity index (χ3v) is 2.96. The van der Waals surface area contributed by atoms with E-state index in [0.29, 0.717) is 5.56 Å². The van der Waals surface area contributed by atoms with Gasteiger partial charge >= 0.3 is 5.97 Å². The van der Waals surface area contributed by atoms with Gasteiger partial charge in [0.15, 0.2) is 0 Å². The van der Waals surface area contributed by atoms with Gasteiger partial charge in [0.1, 0.15) is 0 Å². The SMILES string of the molecule is COC(=O)c1cccc2c1C(C)(N)NCC2. The predicted octanol–water partition coefficient (Wildman–Crippen LogP) is 0.750. The molecule has 2 rings (SSSR count). The molecule has 1 aromatic carbocycles. The number of nitrogens with one attached hydrogen (secondary N) is 1. The quantitative estimate of drug-likeness (QED) is 0.685. The first-order chi connectivity index (χ1) is 7.56. The molecule has 1 aromatic rings. The molecule has 1 heterocycles.